The first-order valence-electron chi connectivity index (χ1n) is 10.0. The van der Waals surface area contributed by atoms with Crippen molar-refractivity contribution in [3.63, 3.8) is 0 Å². The Kier molecular flexibility index (Phi) is 6.59. The van der Waals surface area contributed by atoms with Crippen molar-refractivity contribution in [1.29, 1.82) is 0 Å². The molecule has 5 heterocycles. The van der Waals surface area contributed by atoms with Crippen LogP contribution in [0.2, 0.25) is 0 Å². The highest BCUT2D eigenvalue weighted by atomic mass is 35.5. The number of hydrogen-bond acceptors (Lipinski definition) is 4. The number of pyridine rings is 1. The summed E-state index contributed by atoms with van der Waals surface area (Å²) in [7, 11) is 0. The normalized spacial score (nSPS) is 34.3. The summed E-state index contributed by atoms with van der Waals surface area (Å²) in [6, 6.07) is 5.42. The SMILES string of the molecule is Cl.Cl.O=c1c(CN2[C@@H]3CC[C@H]2CC(CO)C3)ccc2n1C[C@@H]1CNC[C@H]2C1. The van der Waals surface area contributed by atoms with Gasteiger partial charge in [-0.3, -0.25) is 9.69 Å². The molecular formula is C20H31Cl2N3O2. The lowest BCUT2D eigenvalue weighted by atomic mass is 9.84. The van der Waals surface area contributed by atoms with Crippen LogP contribution in [-0.2, 0) is 13.1 Å². The summed E-state index contributed by atoms with van der Waals surface area (Å²) < 4.78 is 2.08. The smallest absolute Gasteiger partial charge is 0.255 e. The summed E-state index contributed by atoms with van der Waals surface area (Å²) in [6.07, 6.45) is 5.86. The van der Waals surface area contributed by atoms with Crippen molar-refractivity contribution in [3.8, 4) is 0 Å². The number of aromatic nitrogens is 1. The van der Waals surface area contributed by atoms with Crippen molar-refractivity contribution in [1.82, 2.24) is 14.8 Å². The highest BCUT2D eigenvalue weighted by Gasteiger charge is 2.40. The van der Waals surface area contributed by atoms with Crippen LogP contribution in [0, 0.1) is 11.8 Å². The standard InChI is InChI=1S/C20H29N3O2.2ClH/c24-12-13-6-17-2-3-18(7-13)22(17)11-15-1-4-19-16-5-14(8-21-9-16)10-23(19)20(15)25;;/h1,4,13-14,16-18,21,24H,2-3,5-12H2;2*1H/t13?,14-,16+,17-,18+;;/m0../s1. The zero-order valence-corrected chi connectivity index (χ0v) is 17.3. The van der Waals surface area contributed by atoms with Gasteiger partial charge in [0, 0.05) is 55.5 Å². The zero-order chi connectivity index (χ0) is 17.0. The Balaban J connectivity index is 0.00000105. The molecule has 1 unspecified atom stereocenters. The zero-order valence-electron chi connectivity index (χ0n) is 15.7. The molecule has 0 radical (unpaired) electrons. The van der Waals surface area contributed by atoms with E-state index in [1.165, 1.54) is 25.0 Å². The Morgan fingerprint density at radius 2 is 1.81 bits per heavy atom. The van der Waals surface area contributed by atoms with Crippen LogP contribution in [-0.4, -0.2) is 46.4 Å². The highest BCUT2D eigenvalue weighted by Crippen LogP contribution is 2.39. The molecule has 5 nitrogen and oxygen atoms in total. The predicted octanol–water partition coefficient (Wildman–Crippen LogP) is 2.13. The molecule has 3 fully saturated rings. The van der Waals surface area contributed by atoms with Gasteiger partial charge < -0.3 is 15.0 Å². The minimum absolute atomic E-state index is 0. The van der Waals surface area contributed by atoms with Gasteiger partial charge in [0.05, 0.1) is 0 Å². The maximum Gasteiger partial charge on any atom is 0.255 e. The van der Waals surface area contributed by atoms with Crippen LogP contribution in [0.1, 0.15) is 49.3 Å². The molecule has 0 saturated carbocycles. The van der Waals surface area contributed by atoms with E-state index in [1.807, 2.05) is 0 Å². The molecule has 4 bridgehead atoms. The Labute approximate surface area is 173 Å². The minimum Gasteiger partial charge on any atom is -0.396 e. The molecular weight excluding hydrogens is 385 g/mol. The summed E-state index contributed by atoms with van der Waals surface area (Å²) in [6.45, 7) is 4.05. The number of hydrogen-bond donors (Lipinski definition) is 2. The number of piperidine rings is 2. The van der Waals surface area contributed by atoms with Gasteiger partial charge in [-0.1, -0.05) is 6.07 Å². The molecule has 0 spiro atoms. The Morgan fingerprint density at radius 3 is 2.52 bits per heavy atom. The fourth-order valence-electron chi connectivity index (χ4n) is 5.95. The van der Waals surface area contributed by atoms with E-state index in [4.69, 9.17) is 0 Å². The molecule has 1 aromatic heterocycles. The topological polar surface area (TPSA) is 57.5 Å². The summed E-state index contributed by atoms with van der Waals surface area (Å²) in [5, 5.41) is 13.0. The molecule has 27 heavy (non-hydrogen) atoms. The van der Waals surface area contributed by atoms with Crippen LogP contribution >= 0.6 is 24.8 Å². The van der Waals surface area contributed by atoms with Gasteiger partial charge >= 0.3 is 0 Å². The Bertz CT molecular complexity index is 712. The van der Waals surface area contributed by atoms with Gasteiger partial charge in [0.25, 0.3) is 5.56 Å². The van der Waals surface area contributed by atoms with Crippen molar-refractivity contribution >= 4 is 24.8 Å². The van der Waals surface area contributed by atoms with Crippen molar-refractivity contribution in [2.75, 3.05) is 19.7 Å². The molecule has 4 aliphatic heterocycles. The van der Waals surface area contributed by atoms with Gasteiger partial charge in [-0.15, -0.1) is 24.8 Å². The van der Waals surface area contributed by atoms with Crippen molar-refractivity contribution in [3.05, 3.63) is 33.7 Å². The quantitative estimate of drug-likeness (QED) is 0.793. The number of aliphatic hydroxyl groups is 1. The lowest BCUT2D eigenvalue weighted by Crippen LogP contribution is -2.47. The summed E-state index contributed by atoms with van der Waals surface area (Å²) >= 11 is 0. The van der Waals surface area contributed by atoms with E-state index in [2.05, 4.69) is 26.9 Å². The minimum atomic E-state index is 0. The van der Waals surface area contributed by atoms with Crippen LogP contribution in [0.5, 0.6) is 0 Å². The van der Waals surface area contributed by atoms with Crippen LogP contribution < -0.4 is 10.9 Å². The lowest BCUT2D eigenvalue weighted by Gasteiger charge is -2.39. The first-order chi connectivity index (χ1) is 12.2. The molecule has 2 N–H and O–H groups in total. The lowest BCUT2D eigenvalue weighted by molar-refractivity contribution is 0.0678. The monoisotopic (exact) mass is 415 g/mol. The maximum atomic E-state index is 13.1. The molecule has 1 aromatic rings. The van der Waals surface area contributed by atoms with Gasteiger partial charge in [0.1, 0.15) is 0 Å². The van der Waals surface area contributed by atoms with Crippen LogP contribution in [0.3, 0.4) is 0 Å². The van der Waals surface area contributed by atoms with E-state index in [9.17, 15) is 9.90 Å². The summed E-state index contributed by atoms with van der Waals surface area (Å²) in [5.41, 5.74) is 2.45. The summed E-state index contributed by atoms with van der Waals surface area (Å²) in [5.74, 6) is 1.58. The number of halogens is 2. The van der Waals surface area contributed by atoms with Gasteiger partial charge in [-0.05, 0) is 56.6 Å². The van der Waals surface area contributed by atoms with Crippen LogP contribution in [0.15, 0.2) is 16.9 Å². The van der Waals surface area contributed by atoms with Gasteiger partial charge in [-0.25, -0.2) is 0 Å². The molecule has 0 amide bonds. The van der Waals surface area contributed by atoms with Crippen molar-refractivity contribution < 1.29 is 5.11 Å². The predicted molar refractivity (Wildman–Crippen MR) is 111 cm³/mol. The van der Waals surface area contributed by atoms with Crippen molar-refractivity contribution in [2.24, 2.45) is 11.8 Å². The van der Waals surface area contributed by atoms with Gasteiger partial charge in [0.15, 0.2) is 0 Å². The van der Waals surface area contributed by atoms with E-state index < -0.39 is 0 Å². The number of fused-ring (bicyclic) bond motifs is 6. The molecule has 4 aliphatic rings. The molecule has 0 aliphatic carbocycles. The van der Waals surface area contributed by atoms with Crippen LogP contribution in [0.25, 0.3) is 0 Å². The third-order valence-electron chi connectivity index (χ3n) is 7.18. The van der Waals surface area contributed by atoms with E-state index in [0.717, 1.165) is 44.6 Å². The molecule has 7 heteroatoms. The molecule has 3 saturated heterocycles. The van der Waals surface area contributed by atoms with E-state index in [1.54, 1.807) is 0 Å². The third kappa shape index (κ3) is 3.69. The van der Waals surface area contributed by atoms with Crippen LogP contribution in [0.4, 0.5) is 0 Å². The maximum absolute atomic E-state index is 13.1. The van der Waals surface area contributed by atoms with E-state index in [0.29, 0.717) is 36.4 Å². The van der Waals surface area contributed by atoms with E-state index >= 15 is 0 Å². The van der Waals surface area contributed by atoms with Gasteiger partial charge in [0.2, 0.25) is 0 Å². The van der Waals surface area contributed by atoms with Gasteiger partial charge in [-0.2, -0.15) is 0 Å². The largest absolute Gasteiger partial charge is 0.396 e. The first kappa shape index (κ1) is 21.1. The number of nitrogens with one attached hydrogen (secondary N) is 1. The average Bonchev–Trinajstić information content (AvgIpc) is 2.86. The molecule has 5 atom stereocenters. The number of rotatable bonds is 3. The summed E-state index contributed by atoms with van der Waals surface area (Å²) in [4.78, 5) is 15.7. The second kappa shape index (κ2) is 8.42. The molecule has 152 valence electrons. The molecule has 0 aromatic carbocycles. The third-order valence-corrected chi connectivity index (χ3v) is 7.18. The Hall–Kier alpha value is -0.590. The second-order valence-electron chi connectivity index (χ2n) is 8.73. The molecule has 5 rings (SSSR count). The highest BCUT2D eigenvalue weighted by molar-refractivity contribution is 5.85. The fourth-order valence-corrected chi connectivity index (χ4v) is 5.95. The van der Waals surface area contributed by atoms with Crippen molar-refractivity contribution in [2.45, 2.75) is 63.2 Å². The Morgan fingerprint density at radius 1 is 1.07 bits per heavy atom. The first-order valence-corrected chi connectivity index (χ1v) is 10.0. The second-order valence-corrected chi connectivity index (χ2v) is 8.73. The number of aliphatic hydroxyl groups excluding tert-OH is 1. The van der Waals surface area contributed by atoms with E-state index in [-0.39, 0.29) is 30.4 Å². The fraction of sp³-hybridized carbons (Fsp3) is 0.750. The number of nitrogens with zero attached hydrogens (tertiary/aromatic N) is 2. The average molecular weight is 416 g/mol.